The number of fused-ring (bicyclic) bond motifs is 1. The first-order valence-corrected chi connectivity index (χ1v) is 11.8. The zero-order valence-corrected chi connectivity index (χ0v) is 20.5. The van der Waals surface area contributed by atoms with Gasteiger partial charge in [-0.15, -0.1) is 15.3 Å². The van der Waals surface area contributed by atoms with Crippen LogP contribution in [0.3, 0.4) is 0 Å². The molecule has 0 amide bonds. The van der Waals surface area contributed by atoms with E-state index in [1.165, 1.54) is 10.6 Å². The van der Waals surface area contributed by atoms with E-state index in [1.807, 2.05) is 17.7 Å². The SMILES string of the molecule is Cc1c(-c2cc(O[C@H](C)c3nncn3CC(F)(F)F)n3c(C#N)cnc3c2)nnn1C1CCN(C#N)CC1. The van der Waals surface area contributed by atoms with Gasteiger partial charge in [0.2, 0.25) is 5.88 Å². The Kier molecular flexibility index (Phi) is 6.36. The van der Waals surface area contributed by atoms with E-state index < -0.39 is 18.8 Å². The zero-order chi connectivity index (χ0) is 27.0. The van der Waals surface area contributed by atoms with Crippen molar-refractivity contribution in [2.45, 2.75) is 51.6 Å². The second-order valence-corrected chi connectivity index (χ2v) is 9.01. The van der Waals surface area contributed by atoms with E-state index in [1.54, 1.807) is 24.0 Å². The first-order chi connectivity index (χ1) is 18.2. The third kappa shape index (κ3) is 4.70. The topological polar surface area (TPSA) is 139 Å². The molecule has 0 unspecified atom stereocenters. The van der Waals surface area contributed by atoms with Crippen molar-refractivity contribution in [1.82, 2.24) is 44.0 Å². The van der Waals surface area contributed by atoms with E-state index in [9.17, 15) is 18.4 Å². The van der Waals surface area contributed by atoms with Crippen molar-refractivity contribution in [3.63, 3.8) is 0 Å². The van der Waals surface area contributed by atoms with Gasteiger partial charge in [-0.25, -0.2) is 9.67 Å². The van der Waals surface area contributed by atoms with Gasteiger partial charge in [0.25, 0.3) is 0 Å². The van der Waals surface area contributed by atoms with Gasteiger partial charge < -0.3 is 14.2 Å². The molecule has 4 aromatic heterocycles. The molecule has 0 bridgehead atoms. The van der Waals surface area contributed by atoms with Gasteiger partial charge in [0.05, 0.1) is 17.9 Å². The normalized spacial score (nSPS) is 15.4. The smallest absolute Gasteiger partial charge is 0.406 e. The molecule has 5 rings (SSSR count). The number of alkyl halides is 3. The van der Waals surface area contributed by atoms with Crippen LogP contribution in [-0.4, -0.2) is 63.3 Å². The second kappa shape index (κ2) is 9.66. The lowest BCUT2D eigenvalue weighted by atomic mass is 10.0. The number of imidazole rings is 1. The van der Waals surface area contributed by atoms with Crippen LogP contribution >= 0.6 is 0 Å². The van der Waals surface area contributed by atoms with Crippen molar-refractivity contribution >= 4 is 5.65 Å². The number of pyridine rings is 1. The summed E-state index contributed by atoms with van der Waals surface area (Å²) in [6.07, 6.45) is 0.664. The fourth-order valence-corrected chi connectivity index (χ4v) is 4.67. The molecule has 15 heteroatoms. The summed E-state index contributed by atoms with van der Waals surface area (Å²) in [4.78, 5) is 6.02. The number of nitrogens with zero attached hydrogens (tertiary/aromatic N) is 11. The summed E-state index contributed by atoms with van der Waals surface area (Å²) >= 11 is 0. The second-order valence-electron chi connectivity index (χ2n) is 9.01. The zero-order valence-electron chi connectivity index (χ0n) is 20.5. The Morgan fingerprint density at radius 3 is 2.63 bits per heavy atom. The molecule has 1 fully saturated rings. The van der Waals surface area contributed by atoms with Crippen LogP contribution in [0, 0.1) is 29.7 Å². The van der Waals surface area contributed by atoms with E-state index in [2.05, 4.69) is 31.7 Å². The number of hydrogen-bond donors (Lipinski definition) is 0. The molecule has 12 nitrogen and oxygen atoms in total. The van der Waals surface area contributed by atoms with Crippen molar-refractivity contribution in [3.05, 3.63) is 41.9 Å². The molecule has 0 aromatic carbocycles. The minimum Gasteiger partial charge on any atom is -0.467 e. The van der Waals surface area contributed by atoms with E-state index >= 15 is 0 Å². The summed E-state index contributed by atoms with van der Waals surface area (Å²) in [6.45, 7) is 3.46. The minimum absolute atomic E-state index is 0.0228. The quantitative estimate of drug-likeness (QED) is 0.347. The van der Waals surface area contributed by atoms with Crippen LogP contribution in [0.4, 0.5) is 13.2 Å². The predicted octanol–water partition coefficient (Wildman–Crippen LogP) is 3.18. The van der Waals surface area contributed by atoms with Crippen molar-refractivity contribution in [3.8, 4) is 29.4 Å². The molecule has 0 radical (unpaired) electrons. The number of rotatable bonds is 6. The first kappa shape index (κ1) is 25.0. The Bertz CT molecular complexity index is 1550. The largest absolute Gasteiger partial charge is 0.467 e. The lowest BCUT2D eigenvalue weighted by Crippen LogP contribution is -2.31. The highest BCUT2D eigenvalue weighted by atomic mass is 19.4. The van der Waals surface area contributed by atoms with Crippen molar-refractivity contribution in [2.75, 3.05) is 13.1 Å². The maximum atomic E-state index is 13.0. The maximum Gasteiger partial charge on any atom is 0.406 e. The number of ether oxygens (including phenoxy) is 1. The fourth-order valence-electron chi connectivity index (χ4n) is 4.67. The Hall–Kier alpha value is -4.66. The van der Waals surface area contributed by atoms with E-state index in [0.29, 0.717) is 30.0 Å². The highest BCUT2D eigenvalue weighted by Crippen LogP contribution is 2.32. The Balaban J connectivity index is 1.50. The molecule has 0 spiro atoms. The number of hydrogen-bond acceptors (Lipinski definition) is 9. The summed E-state index contributed by atoms with van der Waals surface area (Å²) in [6, 6.07) is 5.53. The molecule has 0 aliphatic carbocycles. The predicted molar refractivity (Wildman–Crippen MR) is 124 cm³/mol. The molecule has 4 aromatic rings. The highest BCUT2D eigenvalue weighted by molar-refractivity contribution is 5.68. The average molecular weight is 525 g/mol. The van der Waals surface area contributed by atoms with Gasteiger partial charge >= 0.3 is 6.18 Å². The number of halogens is 3. The van der Waals surface area contributed by atoms with Crippen LogP contribution in [0.2, 0.25) is 0 Å². The summed E-state index contributed by atoms with van der Waals surface area (Å²) in [5.74, 6) is 0.155. The third-order valence-electron chi connectivity index (χ3n) is 6.50. The van der Waals surface area contributed by atoms with Gasteiger partial charge in [0.1, 0.15) is 36.0 Å². The van der Waals surface area contributed by atoms with E-state index in [-0.39, 0.29) is 23.4 Å². The molecule has 1 atom stereocenters. The van der Waals surface area contributed by atoms with Crippen LogP contribution in [0.25, 0.3) is 16.9 Å². The van der Waals surface area contributed by atoms with E-state index in [0.717, 1.165) is 29.4 Å². The Morgan fingerprint density at radius 1 is 1.18 bits per heavy atom. The summed E-state index contributed by atoms with van der Waals surface area (Å²) in [5, 5.41) is 34.9. The molecule has 38 heavy (non-hydrogen) atoms. The maximum absolute atomic E-state index is 13.0. The number of aromatic nitrogens is 8. The van der Waals surface area contributed by atoms with Crippen LogP contribution in [0.5, 0.6) is 5.88 Å². The minimum atomic E-state index is -4.46. The molecular formula is C23H22F3N11O. The molecule has 1 aliphatic heterocycles. The standard InChI is InChI=1S/C23H22F3N11O/c1-14-21(31-33-37(14)17-3-5-34(12-28)6-4-17)16-7-19-29-10-18(9-27)36(19)20(8-16)38-15(2)22-32-30-13-35(22)11-23(24,25)26/h7-8,10,13,15,17H,3-6,11H2,1-2H3/t15-/m1/s1. The molecule has 0 N–H and O–H groups in total. The molecular weight excluding hydrogens is 503 g/mol. The summed E-state index contributed by atoms with van der Waals surface area (Å²) < 4.78 is 49.3. The van der Waals surface area contributed by atoms with Crippen molar-refractivity contribution in [2.24, 2.45) is 0 Å². The fraction of sp³-hybridized carbons (Fsp3) is 0.435. The van der Waals surface area contributed by atoms with Crippen LogP contribution in [-0.2, 0) is 6.54 Å². The van der Waals surface area contributed by atoms with Gasteiger partial charge in [-0.05, 0) is 32.8 Å². The molecule has 1 aliphatic rings. The summed E-state index contributed by atoms with van der Waals surface area (Å²) in [5.41, 5.74) is 2.59. The monoisotopic (exact) mass is 525 g/mol. The first-order valence-electron chi connectivity index (χ1n) is 11.8. The van der Waals surface area contributed by atoms with Crippen molar-refractivity contribution in [1.29, 1.82) is 10.5 Å². The molecule has 0 saturated carbocycles. The van der Waals surface area contributed by atoms with Crippen LogP contribution in [0.15, 0.2) is 24.7 Å². The lowest BCUT2D eigenvalue weighted by Gasteiger charge is -2.28. The molecule has 5 heterocycles. The van der Waals surface area contributed by atoms with Gasteiger partial charge in [-0.3, -0.25) is 4.40 Å². The number of nitriles is 2. The van der Waals surface area contributed by atoms with Crippen molar-refractivity contribution < 1.29 is 17.9 Å². The number of piperidine rings is 1. The van der Waals surface area contributed by atoms with Crippen LogP contribution < -0.4 is 4.74 Å². The molecule has 196 valence electrons. The van der Waals surface area contributed by atoms with Gasteiger partial charge in [0, 0.05) is 24.7 Å². The highest BCUT2D eigenvalue weighted by Gasteiger charge is 2.31. The lowest BCUT2D eigenvalue weighted by molar-refractivity contribution is -0.141. The van der Waals surface area contributed by atoms with Gasteiger partial charge in [-0.2, -0.15) is 23.7 Å². The average Bonchev–Trinajstić information content (AvgIpc) is 3.61. The summed E-state index contributed by atoms with van der Waals surface area (Å²) in [7, 11) is 0. The van der Waals surface area contributed by atoms with Gasteiger partial charge in [-0.1, -0.05) is 5.21 Å². The van der Waals surface area contributed by atoms with E-state index in [4.69, 9.17) is 10.00 Å². The number of likely N-dealkylation sites (tertiary alicyclic amines) is 1. The third-order valence-corrected chi connectivity index (χ3v) is 6.50. The Morgan fingerprint density at radius 2 is 1.95 bits per heavy atom. The van der Waals surface area contributed by atoms with Crippen LogP contribution in [0.1, 0.15) is 49.1 Å². The Labute approximate surface area is 214 Å². The molecule has 1 saturated heterocycles. The van der Waals surface area contributed by atoms with Gasteiger partial charge in [0.15, 0.2) is 18.1 Å².